The van der Waals surface area contributed by atoms with Crippen LogP contribution >= 0.6 is 11.3 Å². The van der Waals surface area contributed by atoms with Gasteiger partial charge in [0.05, 0.1) is 6.04 Å². The van der Waals surface area contributed by atoms with Gasteiger partial charge in [-0.2, -0.15) is 0 Å². The quantitative estimate of drug-likeness (QED) is 0.837. The van der Waals surface area contributed by atoms with Crippen molar-refractivity contribution in [1.29, 1.82) is 0 Å². The van der Waals surface area contributed by atoms with Crippen molar-refractivity contribution in [3.8, 4) is 0 Å². The summed E-state index contributed by atoms with van der Waals surface area (Å²) in [5.41, 5.74) is 1.34. The molecule has 2 aromatic heterocycles. The fraction of sp³-hybridized carbons (Fsp3) is 0.467. The topological polar surface area (TPSA) is 29.0 Å². The Morgan fingerprint density at radius 3 is 3.16 bits per heavy atom. The summed E-state index contributed by atoms with van der Waals surface area (Å²) in [5.74, 6) is 0. The second kappa shape index (κ2) is 6.26. The number of hydrogen-bond donors (Lipinski definition) is 0. The number of rotatable bonds is 5. The number of hydrogen-bond acceptors (Lipinski definition) is 4. The largest absolute Gasteiger partial charge is 0.294 e. The zero-order valence-corrected chi connectivity index (χ0v) is 11.9. The van der Waals surface area contributed by atoms with E-state index in [1.165, 1.54) is 42.9 Å². The number of pyridine rings is 1. The van der Waals surface area contributed by atoms with E-state index in [0.717, 1.165) is 6.42 Å². The van der Waals surface area contributed by atoms with Crippen molar-refractivity contribution >= 4 is 11.3 Å². The highest BCUT2D eigenvalue weighted by atomic mass is 32.1. The van der Waals surface area contributed by atoms with Crippen LogP contribution in [0.15, 0.2) is 36.1 Å². The summed E-state index contributed by atoms with van der Waals surface area (Å²) in [4.78, 5) is 11.2. The summed E-state index contributed by atoms with van der Waals surface area (Å²) < 4.78 is 0. The van der Waals surface area contributed by atoms with Crippen LogP contribution in [0.1, 0.15) is 35.9 Å². The Balaban J connectivity index is 1.52. The van der Waals surface area contributed by atoms with Crippen LogP contribution in [0.3, 0.4) is 0 Å². The molecule has 1 aliphatic heterocycles. The molecule has 0 unspecified atom stereocenters. The van der Waals surface area contributed by atoms with Crippen molar-refractivity contribution in [1.82, 2.24) is 14.9 Å². The van der Waals surface area contributed by atoms with Crippen molar-refractivity contribution in [2.75, 3.05) is 13.1 Å². The van der Waals surface area contributed by atoms with Gasteiger partial charge >= 0.3 is 0 Å². The summed E-state index contributed by atoms with van der Waals surface area (Å²) in [6.45, 7) is 2.39. The van der Waals surface area contributed by atoms with Crippen LogP contribution < -0.4 is 0 Å². The minimum atomic E-state index is 0.564. The third-order valence-corrected chi connectivity index (χ3v) is 4.61. The molecule has 4 heteroatoms. The van der Waals surface area contributed by atoms with Gasteiger partial charge in [-0.3, -0.25) is 9.88 Å². The van der Waals surface area contributed by atoms with E-state index in [-0.39, 0.29) is 0 Å². The minimum Gasteiger partial charge on any atom is -0.294 e. The Labute approximate surface area is 118 Å². The van der Waals surface area contributed by atoms with Gasteiger partial charge in [0.15, 0.2) is 0 Å². The molecule has 0 spiro atoms. The molecule has 1 aliphatic rings. The molecular formula is C15H19N3S. The van der Waals surface area contributed by atoms with Gasteiger partial charge in [-0.1, -0.05) is 6.07 Å². The van der Waals surface area contributed by atoms with E-state index in [0.29, 0.717) is 6.04 Å². The van der Waals surface area contributed by atoms with Gasteiger partial charge in [-0.15, -0.1) is 11.3 Å². The highest BCUT2D eigenvalue weighted by Gasteiger charge is 2.26. The molecule has 0 radical (unpaired) electrons. The second-order valence-corrected chi connectivity index (χ2v) is 5.96. The molecule has 0 N–H and O–H groups in total. The van der Waals surface area contributed by atoms with Gasteiger partial charge < -0.3 is 0 Å². The van der Waals surface area contributed by atoms with E-state index < -0.39 is 0 Å². The van der Waals surface area contributed by atoms with Crippen LogP contribution in [-0.4, -0.2) is 28.0 Å². The maximum atomic E-state index is 4.48. The number of likely N-dealkylation sites (tertiary alicyclic amines) is 1. The molecule has 19 heavy (non-hydrogen) atoms. The molecule has 100 valence electrons. The SMILES string of the molecule is c1cncc(CCCN2CCC[C@@H]2c2nccs2)c1. The van der Waals surface area contributed by atoms with Gasteiger partial charge in [-0.25, -0.2) is 4.98 Å². The van der Waals surface area contributed by atoms with E-state index in [2.05, 4.69) is 26.3 Å². The van der Waals surface area contributed by atoms with Crippen molar-refractivity contribution in [3.05, 3.63) is 46.7 Å². The van der Waals surface area contributed by atoms with Crippen LogP contribution in [0.25, 0.3) is 0 Å². The first-order valence-corrected chi connectivity index (χ1v) is 7.84. The molecule has 0 aliphatic carbocycles. The predicted molar refractivity (Wildman–Crippen MR) is 78.2 cm³/mol. The highest BCUT2D eigenvalue weighted by Crippen LogP contribution is 2.32. The normalized spacial score (nSPS) is 19.9. The Bertz CT molecular complexity index is 483. The third kappa shape index (κ3) is 3.19. The Morgan fingerprint density at radius 1 is 1.37 bits per heavy atom. The lowest BCUT2D eigenvalue weighted by Gasteiger charge is -2.22. The zero-order valence-electron chi connectivity index (χ0n) is 11.0. The first-order chi connectivity index (χ1) is 9.43. The van der Waals surface area contributed by atoms with E-state index in [1.54, 1.807) is 11.3 Å². The molecule has 1 atom stereocenters. The van der Waals surface area contributed by atoms with Crippen LogP contribution in [0.5, 0.6) is 0 Å². The van der Waals surface area contributed by atoms with Crippen LogP contribution in [-0.2, 0) is 6.42 Å². The average Bonchev–Trinajstić information content (AvgIpc) is 3.10. The van der Waals surface area contributed by atoms with Crippen molar-refractivity contribution < 1.29 is 0 Å². The maximum Gasteiger partial charge on any atom is 0.110 e. The first kappa shape index (κ1) is 12.8. The van der Waals surface area contributed by atoms with Crippen molar-refractivity contribution in [3.63, 3.8) is 0 Å². The van der Waals surface area contributed by atoms with E-state index >= 15 is 0 Å². The number of aryl methyl sites for hydroxylation is 1. The summed E-state index contributed by atoms with van der Waals surface area (Å²) >= 11 is 1.79. The number of aromatic nitrogens is 2. The summed E-state index contributed by atoms with van der Waals surface area (Å²) in [5, 5.41) is 3.38. The molecule has 0 bridgehead atoms. The summed E-state index contributed by atoms with van der Waals surface area (Å²) in [6, 6.07) is 4.74. The molecule has 1 fully saturated rings. The van der Waals surface area contributed by atoms with E-state index in [9.17, 15) is 0 Å². The molecule has 3 nitrogen and oxygen atoms in total. The first-order valence-electron chi connectivity index (χ1n) is 6.96. The van der Waals surface area contributed by atoms with Crippen molar-refractivity contribution in [2.45, 2.75) is 31.7 Å². The Morgan fingerprint density at radius 2 is 2.37 bits per heavy atom. The molecule has 3 heterocycles. The van der Waals surface area contributed by atoms with Gasteiger partial charge in [0.2, 0.25) is 0 Å². The van der Waals surface area contributed by atoms with E-state index in [4.69, 9.17) is 0 Å². The van der Waals surface area contributed by atoms with Crippen molar-refractivity contribution in [2.24, 2.45) is 0 Å². The zero-order chi connectivity index (χ0) is 12.9. The van der Waals surface area contributed by atoms with Crippen LogP contribution in [0.4, 0.5) is 0 Å². The highest BCUT2D eigenvalue weighted by molar-refractivity contribution is 7.09. The minimum absolute atomic E-state index is 0.564. The lowest BCUT2D eigenvalue weighted by Crippen LogP contribution is -2.24. The monoisotopic (exact) mass is 273 g/mol. The number of nitrogens with zero attached hydrogens (tertiary/aromatic N) is 3. The van der Waals surface area contributed by atoms with Gasteiger partial charge in [-0.05, 0) is 50.4 Å². The van der Waals surface area contributed by atoms with E-state index in [1.807, 2.05) is 24.7 Å². The molecule has 0 saturated carbocycles. The van der Waals surface area contributed by atoms with Gasteiger partial charge in [0.1, 0.15) is 5.01 Å². The summed E-state index contributed by atoms with van der Waals surface area (Å²) in [6.07, 6.45) is 10.6. The Kier molecular flexibility index (Phi) is 4.20. The predicted octanol–water partition coefficient (Wildman–Crippen LogP) is 3.31. The summed E-state index contributed by atoms with van der Waals surface area (Å²) in [7, 11) is 0. The average molecular weight is 273 g/mol. The lowest BCUT2D eigenvalue weighted by molar-refractivity contribution is 0.253. The fourth-order valence-electron chi connectivity index (χ4n) is 2.80. The molecule has 0 aromatic carbocycles. The van der Waals surface area contributed by atoms with Gasteiger partial charge in [0, 0.05) is 24.0 Å². The number of thiazole rings is 1. The van der Waals surface area contributed by atoms with Gasteiger partial charge in [0.25, 0.3) is 0 Å². The third-order valence-electron chi connectivity index (χ3n) is 3.73. The molecular weight excluding hydrogens is 254 g/mol. The molecule has 0 amide bonds. The van der Waals surface area contributed by atoms with Crippen LogP contribution in [0.2, 0.25) is 0 Å². The molecule has 1 saturated heterocycles. The fourth-order valence-corrected chi connectivity index (χ4v) is 3.61. The molecule has 3 rings (SSSR count). The maximum absolute atomic E-state index is 4.48. The van der Waals surface area contributed by atoms with Crippen LogP contribution in [0, 0.1) is 0 Å². The standard InChI is InChI=1S/C15H19N3S/c1-4-13(12-16-7-1)5-2-9-18-10-3-6-14(18)15-17-8-11-19-15/h1,4,7-8,11-12,14H,2-3,5-6,9-10H2/t14-/m1/s1. The Hall–Kier alpha value is -1.26. The molecule has 2 aromatic rings. The second-order valence-electron chi connectivity index (χ2n) is 5.03. The smallest absolute Gasteiger partial charge is 0.110 e. The lowest BCUT2D eigenvalue weighted by atomic mass is 10.1.